The van der Waals surface area contributed by atoms with Gasteiger partial charge >= 0.3 is 6.03 Å². The molecule has 0 atom stereocenters. The Hall–Kier alpha value is -3.13. The molecule has 162 valence electrons. The maximum Gasteiger partial charge on any atom is 0.319 e. The molecule has 0 bridgehead atoms. The number of imidazole rings is 1. The first kappa shape index (κ1) is 19.8. The van der Waals surface area contributed by atoms with E-state index in [-0.39, 0.29) is 12.1 Å². The third-order valence-electron chi connectivity index (χ3n) is 6.07. The van der Waals surface area contributed by atoms with Crippen LogP contribution >= 0.6 is 0 Å². The Morgan fingerprint density at radius 3 is 2.61 bits per heavy atom. The SMILES string of the molecule is O=C(Nc1ccc(-c2cc(N3CCOCC3)c3nccn3n2)cc1)NC1CCCCC1. The van der Waals surface area contributed by atoms with Crippen LogP contribution in [-0.4, -0.2) is 53.0 Å². The van der Waals surface area contributed by atoms with Gasteiger partial charge in [0.1, 0.15) is 0 Å². The lowest BCUT2D eigenvalue weighted by Gasteiger charge is -2.29. The molecule has 2 fully saturated rings. The van der Waals surface area contributed by atoms with Crippen LogP contribution in [-0.2, 0) is 4.74 Å². The second-order valence-corrected chi connectivity index (χ2v) is 8.22. The van der Waals surface area contributed by atoms with Crippen LogP contribution in [0.3, 0.4) is 0 Å². The minimum absolute atomic E-state index is 0.132. The van der Waals surface area contributed by atoms with Crippen molar-refractivity contribution < 1.29 is 9.53 Å². The van der Waals surface area contributed by atoms with Gasteiger partial charge in [0.2, 0.25) is 0 Å². The molecule has 31 heavy (non-hydrogen) atoms. The van der Waals surface area contributed by atoms with Crippen LogP contribution in [0, 0.1) is 0 Å². The van der Waals surface area contributed by atoms with Crippen LogP contribution in [0.15, 0.2) is 42.7 Å². The van der Waals surface area contributed by atoms with Crippen molar-refractivity contribution in [1.82, 2.24) is 19.9 Å². The predicted octanol–water partition coefficient (Wildman–Crippen LogP) is 3.69. The highest BCUT2D eigenvalue weighted by Gasteiger charge is 2.18. The normalized spacial score (nSPS) is 17.6. The lowest BCUT2D eigenvalue weighted by atomic mass is 9.96. The molecule has 8 nitrogen and oxygen atoms in total. The lowest BCUT2D eigenvalue weighted by Crippen LogP contribution is -2.38. The zero-order valence-corrected chi connectivity index (χ0v) is 17.6. The van der Waals surface area contributed by atoms with Crippen molar-refractivity contribution in [3.8, 4) is 11.3 Å². The van der Waals surface area contributed by atoms with E-state index in [0.717, 1.165) is 54.2 Å². The van der Waals surface area contributed by atoms with Gasteiger partial charge in [0.05, 0.1) is 24.6 Å². The van der Waals surface area contributed by atoms with Gasteiger partial charge in [-0.15, -0.1) is 0 Å². The summed E-state index contributed by atoms with van der Waals surface area (Å²) in [6, 6.07) is 10.1. The fourth-order valence-electron chi connectivity index (χ4n) is 4.40. The molecule has 0 unspecified atom stereocenters. The van der Waals surface area contributed by atoms with E-state index in [1.807, 2.05) is 35.0 Å². The Morgan fingerprint density at radius 1 is 1.06 bits per heavy atom. The molecular weight excluding hydrogens is 392 g/mol. The molecule has 2 aliphatic rings. The van der Waals surface area contributed by atoms with E-state index >= 15 is 0 Å². The predicted molar refractivity (Wildman–Crippen MR) is 120 cm³/mol. The number of carbonyl (C=O) groups is 1. The number of fused-ring (bicyclic) bond motifs is 1. The highest BCUT2D eigenvalue weighted by Crippen LogP contribution is 2.28. The smallest absolute Gasteiger partial charge is 0.319 e. The van der Waals surface area contributed by atoms with Crippen molar-refractivity contribution >= 4 is 23.1 Å². The summed E-state index contributed by atoms with van der Waals surface area (Å²) in [6.45, 7) is 3.11. The van der Waals surface area contributed by atoms with Gasteiger partial charge in [-0.3, -0.25) is 0 Å². The van der Waals surface area contributed by atoms with Crippen molar-refractivity contribution in [2.45, 2.75) is 38.1 Å². The van der Waals surface area contributed by atoms with E-state index in [4.69, 9.17) is 9.84 Å². The topological polar surface area (TPSA) is 83.8 Å². The number of aromatic nitrogens is 3. The number of benzene rings is 1. The molecular formula is C23H28N6O2. The maximum atomic E-state index is 12.3. The Bertz CT molecular complexity index is 1040. The number of amides is 2. The van der Waals surface area contributed by atoms with E-state index < -0.39 is 0 Å². The molecule has 2 N–H and O–H groups in total. The van der Waals surface area contributed by atoms with Crippen LogP contribution in [0.2, 0.25) is 0 Å². The summed E-state index contributed by atoms with van der Waals surface area (Å²) in [7, 11) is 0. The quantitative estimate of drug-likeness (QED) is 0.673. The minimum atomic E-state index is -0.132. The summed E-state index contributed by atoms with van der Waals surface area (Å²) < 4.78 is 7.32. The van der Waals surface area contributed by atoms with Gasteiger partial charge in [0, 0.05) is 42.8 Å². The molecule has 0 radical (unpaired) electrons. The molecule has 8 heteroatoms. The summed E-state index contributed by atoms with van der Waals surface area (Å²) in [6.07, 6.45) is 9.44. The van der Waals surface area contributed by atoms with Crippen LogP contribution in [0.5, 0.6) is 0 Å². The van der Waals surface area contributed by atoms with Crippen molar-refractivity contribution in [2.75, 3.05) is 36.5 Å². The van der Waals surface area contributed by atoms with Gasteiger partial charge in [-0.2, -0.15) is 5.10 Å². The van der Waals surface area contributed by atoms with Gasteiger partial charge in [0.25, 0.3) is 0 Å². The first-order valence-corrected chi connectivity index (χ1v) is 11.1. The Balaban J connectivity index is 1.32. The summed E-state index contributed by atoms with van der Waals surface area (Å²) in [5.41, 5.74) is 4.54. The fourth-order valence-corrected chi connectivity index (χ4v) is 4.40. The summed E-state index contributed by atoms with van der Waals surface area (Å²) in [5, 5.41) is 10.8. The number of hydrogen-bond donors (Lipinski definition) is 2. The molecule has 1 saturated heterocycles. The molecule has 0 spiro atoms. The molecule has 1 aromatic carbocycles. The Kier molecular flexibility index (Phi) is 5.71. The van der Waals surface area contributed by atoms with Crippen molar-refractivity contribution in [1.29, 1.82) is 0 Å². The van der Waals surface area contributed by atoms with E-state index in [1.54, 1.807) is 6.20 Å². The maximum absolute atomic E-state index is 12.3. The molecule has 3 heterocycles. The second kappa shape index (κ2) is 8.93. The number of morpholine rings is 1. The Labute approximate surface area is 181 Å². The zero-order chi connectivity index (χ0) is 21.0. The number of carbonyl (C=O) groups excluding carboxylic acids is 1. The molecule has 1 saturated carbocycles. The number of nitrogens with one attached hydrogen (secondary N) is 2. The van der Waals surface area contributed by atoms with Gasteiger partial charge in [-0.25, -0.2) is 14.3 Å². The van der Waals surface area contributed by atoms with E-state index in [1.165, 1.54) is 19.3 Å². The monoisotopic (exact) mass is 420 g/mol. The summed E-state index contributed by atoms with van der Waals surface area (Å²) in [4.78, 5) is 19.1. The average molecular weight is 421 g/mol. The minimum Gasteiger partial charge on any atom is -0.378 e. The molecule has 2 aromatic heterocycles. The highest BCUT2D eigenvalue weighted by atomic mass is 16.5. The van der Waals surface area contributed by atoms with Crippen LogP contribution < -0.4 is 15.5 Å². The third kappa shape index (κ3) is 4.49. The number of anilines is 2. The molecule has 1 aliphatic heterocycles. The Morgan fingerprint density at radius 2 is 1.84 bits per heavy atom. The van der Waals surface area contributed by atoms with Gasteiger partial charge < -0.3 is 20.3 Å². The summed E-state index contributed by atoms with van der Waals surface area (Å²) in [5.74, 6) is 0. The number of rotatable bonds is 4. The number of nitrogens with zero attached hydrogens (tertiary/aromatic N) is 4. The molecule has 2 amide bonds. The van der Waals surface area contributed by atoms with Crippen molar-refractivity contribution in [3.63, 3.8) is 0 Å². The number of ether oxygens (including phenoxy) is 1. The van der Waals surface area contributed by atoms with E-state index in [0.29, 0.717) is 13.2 Å². The molecule has 1 aliphatic carbocycles. The van der Waals surface area contributed by atoms with Crippen LogP contribution in [0.25, 0.3) is 16.9 Å². The van der Waals surface area contributed by atoms with Crippen molar-refractivity contribution in [2.24, 2.45) is 0 Å². The third-order valence-corrected chi connectivity index (χ3v) is 6.07. The standard InChI is InChI=1S/C23H28N6O2/c30-23(25-18-4-2-1-3-5-18)26-19-8-6-17(7-9-19)20-16-21(28-12-14-31-15-13-28)22-24-10-11-29(22)27-20/h6-11,16,18H,1-5,12-15H2,(H2,25,26,30). The second-order valence-electron chi connectivity index (χ2n) is 8.22. The number of hydrogen-bond acceptors (Lipinski definition) is 5. The largest absolute Gasteiger partial charge is 0.378 e. The molecule has 5 rings (SSSR count). The van der Waals surface area contributed by atoms with E-state index in [9.17, 15) is 4.79 Å². The zero-order valence-electron chi connectivity index (χ0n) is 17.6. The first-order chi connectivity index (χ1) is 15.3. The molecule has 3 aromatic rings. The first-order valence-electron chi connectivity index (χ1n) is 11.1. The number of urea groups is 1. The van der Waals surface area contributed by atoms with Gasteiger partial charge in [-0.1, -0.05) is 31.4 Å². The van der Waals surface area contributed by atoms with Gasteiger partial charge in [0.15, 0.2) is 5.65 Å². The van der Waals surface area contributed by atoms with E-state index in [2.05, 4.69) is 26.6 Å². The average Bonchev–Trinajstić information content (AvgIpc) is 3.29. The fraction of sp³-hybridized carbons (Fsp3) is 0.435. The van der Waals surface area contributed by atoms with Crippen LogP contribution in [0.4, 0.5) is 16.2 Å². The highest BCUT2D eigenvalue weighted by molar-refractivity contribution is 5.89. The lowest BCUT2D eigenvalue weighted by molar-refractivity contribution is 0.123. The van der Waals surface area contributed by atoms with Crippen LogP contribution in [0.1, 0.15) is 32.1 Å². The van der Waals surface area contributed by atoms with Crippen molar-refractivity contribution in [3.05, 3.63) is 42.7 Å². The summed E-state index contributed by atoms with van der Waals surface area (Å²) >= 11 is 0. The van der Waals surface area contributed by atoms with Gasteiger partial charge in [-0.05, 0) is 31.0 Å².